The van der Waals surface area contributed by atoms with Crippen molar-refractivity contribution >= 4 is 17.5 Å². The number of hydrogen-bond acceptors (Lipinski definition) is 3. The summed E-state index contributed by atoms with van der Waals surface area (Å²) in [5.41, 5.74) is 1.03. The summed E-state index contributed by atoms with van der Waals surface area (Å²) in [6.07, 6.45) is 0.445. The fourth-order valence-electron chi connectivity index (χ4n) is 2.05. The molecule has 1 aliphatic rings. The van der Waals surface area contributed by atoms with Crippen LogP contribution in [0, 0.1) is 0 Å². The number of benzene rings is 1. The summed E-state index contributed by atoms with van der Waals surface area (Å²) in [7, 11) is 0. The standard InChI is InChI=1S/C14H19ClN2O2/c15-13-3-1-2-12(10-13)11-19-9-4-14(18)17-7-5-16-6-8-17/h1-3,10,16H,4-9,11H2. The van der Waals surface area contributed by atoms with Crippen LogP contribution in [0.3, 0.4) is 0 Å². The topological polar surface area (TPSA) is 41.6 Å². The van der Waals surface area contributed by atoms with Crippen molar-refractivity contribution in [2.45, 2.75) is 13.0 Å². The highest BCUT2D eigenvalue weighted by Crippen LogP contribution is 2.11. The first-order valence-corrected chi connectivity index (χ1v) is 6.94. The summed E-state index contributed by atoms with van der Waals surface area (Å²) in [5.74, 6) is 0.174. The largest absolute Gasteiger partial charge is 0.376 e. The third kappa shape index (κ3) is 4.82. The number of piperazine rings is 1. The molecule has 0 atom stereocenters. The van der Waals surface area contributed by atoms with Crippen LogP contribution in [0.15, 0.2) is 24.3 Å². The molecular formula is C14H19ClN2O2. The second-order valence-electron chi connectivity index (χ2n) is 4.56. The molecule has 0 unspecified atom stereocenters. The van der Waals surface area contributed by atoms with Crippen molar-refractivity contribution in [1.82, 2.24) is 10.2 Å². The van der Waals surface area contributed by atoms with E-state index in [1.165, 1.54) is 0 Å². The van der Waals surface area contributed by atoms with Crippen molar-refractivity contribution in [3.05, 3.63) is 34.9 Å². The van der Waals surface area contributed by atoms with Gasteiger partial charge in [0.1, 0.15) is 0 Å². The quantitative estimate of drug-likeness (QED) is 0.836. The van der Waals surface area contributed by atoms with Gasteiger partial charge < -0.3 is 15.0 Å². The minimum Gasteiger partial charge on any atom is -0.376 e. The third-order valence-electron chi connectivity index (χ3n) is 3.09. The number of amides is 1. The van der Waals surface area contributed by atoms with E-state index in [0.29, 0.717) is 24.7 Å². The first kappa shape index (κ1) is 14.3. The molecule has 1 N–H and O–H groups in total. The molecule has 1 aliphatic heterocycles. The highest BCUT2D eigenvalue weighted by Gasteiger charge is 2.15. The van der Waals surface area contributed by atoms with Gasteiger partial charge in [-0.25, -0.2) is 0 Å². The number of rotatable bonds is 5. The maximum atomic E-state index is 11.9. The van der Waals surface area contributed by atoms with Crippen molar-refractivity contribution in [3.8, 4) is 0 Å². The first-order chi connectivity index (χ1) is 9.25. The van der Waals surface area contributed by atoms with Gasteiger partial charge in [0.2, 0.25) is 5.91 Å². The van der Waals surface area contributed by atoms with Crippen LogP contribution in [0.1, 0.15) is 12.0 Å². The fraction of sp³-hybridized carbons (Fsp3) is 0.500. The summed E-state index contributed by atoms with van der Waals surface area (Å²) >= 11 is 5.89. The molecule has 19 heavy (non-hydrogen) atoms. The van der Waals surface area contributed by atoms with Crippen LogP contribution in [-0.2, 0) is 16.1 Å². The van der Waals surface area contributed by atoms with E-state index in [9.17, 15) is 4.79 Å². The lowest BCUT2D eigenvalue weighted by molar-refractivity contribution is -0.133. The Bertz CT molecular complexity index is 420. The molecule has 0 radical (unpaired) electrons. The van der Waals surface area contributed by atoms with Crippen LogP contribution < -0.4 is 5.32 Å². The van der Waals surface area contributed by atoms with E-state index in [4.69, 9.17) is 16.3 Å². The van der Waals surface area contributed by atoms with Crippen molar-refractivity contribution in [2.75, 3.05) is 32.8 Å². The maximum absolute atomic E-state index is 11.9. The normalized spacial score (nSPS) is 15.5. The van der Waals surface area contributed by atoms with Crippen molar-refractivity contribution in [3.63, 3.8) is 0 Å². The Kier molecular flexibility index (Phi) is 5.63. The summed E-state index contributed by atoms with van der Waals surface area (Å²) in [4.78, 5) is 13.7. The van der Waals surface area contributed by atoms with Crippen molar-refractivity contribution in [1.29, 1.82) is 0 Å². The number of ether oxygens (including phenoxy) is 1. The Hall–Kier alpha value is -1.10. The van der Waals surface area contributed by atoms with Gasteiger partial charge in [-0.05, 0) is 17.7 Å². The van der Waals surface area contributed by atoms with E-state index in [0.717, 1.165) is 31.7 Å². The molecule has 1 saturated heterocycles. The van der Waals surface area contributed by atoms with Gasteiger partial charge in [0, 0.05) is 31.2 Å². The van der Waals surface area contributed by atoms with Crippen LogP contribution in [0.2, 0.25) is 5.02 Å². The van der Waals surface area contributed by atoms with Crippen LogP contribution in [0.25, 0.3) is 0 Å². The monoisotopic (exact) mass is 282 g/mol. The molecule has 0 bridgehead atoms. The molecule has 1 fully saturated rings. The maximum Gasteiger partial charge on any atom is 0.224 e. The van der Waals surface area contributed by atoms with E-state index >= 15 is 0 Å². The zero-order valence-corrected chi connectivity index (χ0v) is 11.7. The average molecular weight is 283 g/mol. The predicted molar refractivity (Wildman–Crippen MR) is 75.2 cm³/mol. The summed E-state index contributed by atoms with van der Waals surface area (Å²) in [6, 6.07) is 7.57. The minimum absolute atomic E-state index is 0.174. The summed E-state index contributed by atoms with van der Waals surface area (Å²) < 4.78 is 5.51. The Labute approximate surface area is 118 Å². The Morgan fingerprint density at radius 2 is 2.16 bits per heavy atom. The second-order valence-corrected chi connectivity index (χ2v) is 5.00. The predicted octanol–water partition coefficient (Wildman–Crippen LogP) is 1.68. The molecule has 4 nitrogen and oxygen atoms in total. The molecule has 0 aliphatic carbocycles. The van der Waals surface area contributed by atoms with Gasteiger partial charge in [0.15, 0.2) is 0 Å². The van der Waals surface area contributed by atoms with Crippen LogP contribution in [-0.4, -0.2) is 43.6 Å². The Balaban J connectivity index is 1.65. The summed E-state index contributed by atoms with van der Waals surface area (Å²) in [6.45, 7) is 4.31. The van der Waals surface area contributed by atoms with E-state index in [-0.39, 0.29) is 5.91 Å². The number of carbonyl (C=O) groups excluding carboxylic acids is 1. The molecule has 2 rings (SSSR count). The Morgan fingerprint density at radius 3 is 2.89 bits per heavy atom. The number of carbonyl (C=O) groups is 1. The first-order valence-electron chi connectivity index (χ1n) is 6.56. The molecule has 5 heteroatoms. The lowest BCUT2D eigenvalue weighted by atomic mass is 10.2. The zero-order valence-electron chi connectivity index (χ0n) is 10.9. The van der Waals surface area contributed by atoms with Crippen molar-refractivity contribution < 1.29 is 9.53 Å². The lowest BCUT2D eigenvalue weighted by Gasteiger charge is -2.27. The number of nitrogens with zero attached hydrogens (tertiary/aromatic N) is 1. The van der Waals surface area contributed by atoms with Gasteiger partial charge >= 0.3 is 0 Å². The van der Waals surface area contributed by atoms with Gasteiger partial charge in [0.25, 0.3) is 0 Å². The molecule has 0 aromatic heterocycles. The number of nitrogens with one attached hydrogen (secondary N) is 1. The summed E-state index contributed by atoms with van der Waals surface area (Å²) in [5, 5.41) is 3.93. The fourth-order valence-corrected chi connectivity index (χ4v) is 2.26. The lowest BCUT2D eigenvalue weighted by Crippen LogP contribution is -2.46. The second kappa shape index (κ2) is 7.48. The molecule has 0 spiro atoms. The molecule has 0 saturated carbocycles. The molecule has 1 aromatic rings. The Morgan fingerprint density at radius 1 is 1.37 bits per heavy atom. The highest BCUT2D eigenvalue weighted by atomic mass is 35.5. The highest BCUT2D eigenvalue weighted by molar-refractivity contribution is 6.30. The molecule has 104 valence electrons. The smallest absolute Gasteiger partial charge is 0.224 e. The average Bonchev–Trinajstić information content (AvgIpc) is 2.44. The molecule has 1 aromatic carbocycles. The van der Waals surface area contributed by atoms with Gasteiger partial charge in [-0.2, -0.15) is 0 Å². The van der Waals surface area contributed by atoms with Gasteiger partial charge in [-0.3, -0.25) is 4.79 Å². The van der Waals surface area contributed by atoms with E-state index in [2.05, 4.69) is 5.32 Å². The van der Waals surface area contributed by atoms with E-state index in [1.54, 1.807) is 0 Å². The van der Waals surface area contributed by atoms with Gasteiger partial charge in [0.05, 0.1) is 19.6 Å². The zero-order chi connectivity index (χ0) is 13.5. The van der Waals surface area contributed by atoms with Crippen LogP contribution in [0.5, 0.6) is 0 Å². The molecule has 1 heterocycles. The SMILES string of the molecule is O=C(CCOCc1cccc(Cl)c1)N1CCNCC1. The van der Waals surface area contributed by atoms with E-state index < -0.39 is 0 Å². The van der Waals surface area contributed by atoms with Crippen LogP contribution in [0.4, 0.5) is 0 Å². The van der Waals surface area contributed by atoms with Gasteiger partial charge in [-0.15, -0.1) is 0 Å². The number of halogens is 1. The molecule has 1 amide bonds. The van der Waals surface area contributed by atoms with Gasteiger partial charge in [-0.1, -0.05) is 23.7 Å². The van der Waals surface area contributed by atoms with E-state index in [1.807, 2.05) is 29.2 Å². The molecular weight excluding hydrogens is 264 g/mol. The van der Waals surface area contributed by atoms with Crippen molar-refractivity contribution in [2.24, 2.45) is 0 Å². The van der Waals surface area contributed by atoms with Crippen LogP contribution >= 0.6 is 11.6 Å². The number of hydrogen-bond donors (Lipinski definition) is 1. The minimum atomic E-state index is 0.174. The third-order valence-corrected chi connectivity index (χ3v) is 3.32.